The number of fused-ring (bicyclic) bond motifs is 1. The van der Waals surface area contributed by atoms with Crippen molar-refractivity contribution < 1.29 is 9.18 Å². The molecular formula is C8H7FN2O. The molecule has 12 heavy (non-hydrogen) atoms. The van der Waals surface area contributed by atoms with Crippen LogP contribution in [0.3, 0.4) is 0 Å². The second kappa shape index (κ2) is 2.55. The maximum absolute atomic E-state index is 12.6. The summed E-state index contributed by atoms with van der Waals surface area (Å²) in [4.78, 5) is 14.7. The molecule has 1 N–H and O–H groups in total. The maximum Gasteiger partial charge on any atom is 0.226 e. The Morgan fingerprint density at radius 3 is 3.25 bits per heavy atom. The molecule has 1 amide bonds. The van der Waals surface area contributed by atoms with Crippen LogP contribution in [0.5, 0.6) is 0 Å². The largest absolute Gasteiger partial charge is 0.352 e. The number of hydrogen-bond donors (Lipinski definition) is 1. The molecule has 0 saturated carbocycles. The van der Waals surface area contributed by atoms with Crippen molar-refractivity contribution in [1.29, 1.82) is 0 Å². The van der Waals surface area contributed by atoms with E-state index >= 15 is 0 Å². The van der Waals surface area contributed by atoms with Gasteiger partial charge in [0.2, 0.25) is 5.91 Å². The number of aromatic nitrogens is 1. The van der Waals surface area contributed by atoms with E-state index in [1.807, 2.05) is 0 Å². The van der Waals surface area contributed by atoms with Crippen LogP contribution in [0.2, 0.25) is 0 Å². The molecule has 0 radical (unpaired) electrons. The van der Waals surface area contributed by atoms with Crippen LogP contribution in [0.15, 0.2) is 12.3 Å². The first kappa shape index (κ1) is 7.21. The van der Waals surface area contributed by atoms with Gasteiger partial charge in [-0.3, -0.25) is 9.78 Å². The van der Waals surface area contributed by atoms with Crippen LogP contribution >= 0.6 is 0 Å². The van der Waals surface area contributed by atoms with E-state index in [0.717, 1.165) is 11.8 Å². The smallest absolute Gasteiger partial charge is 0.226 e. The van der Waals surface area contributed by atoms with Gasteiger partial charge in [0, 0.05) is 6.54 Å². The van der Waals surface area contributed by atoms with Crippen molar-refractivity contribution in [1.82, 2.24) is 10.3 Å². The van der Waals surface area contributed by atoms with Crippen molar-refractivity contribution in [2.45, 2.75) is 13.0 Å². The average molecular weight is 166 g/mol. The van der Waals surface area contributed by atoms with Crippen molar-refractivity contribution in [3.05, 3.63) is 29.3 Å². The molecule has 0 bridgehead atoms. The Morgan fingerprint density at radius 2 is 2.42 bits per heavy atom. The van der Waals surface area contributed by atoms with Gasteiger partial charge < -0.3 is 5.32 Å². The fourth-order valence-corrected chi connectivity index (χ4v) is 1.23. The molecule has 1 aliphatic heterocycles. The molecule has 62 valence electrons. The van der Waals surface area contributed by atoms with Crippen LogP contribution in [0.25, 0.3) is 0 Å². The molecule has 2 heterocycles. The summed E-state index contributed by atoms with van der Waals surface area (Å²) in [5.74, 6) is -0.411. The summed E-state index contributed by atoms with van der Waals surface area (Å²) in [5, 5.41) is 2.62. The first-order valence-corrected chi connectivity index (χ1v) is 3.66. The Bertz CT molecular complexity index is 338. The number of amides is 1. The number of pyridine rings is 1. The van der Waals surface area contributed by atoms with Crippen molar-refractivity contribution in [2.24, 2.45) is 0 Å². The fourth-order valence-electron chi connectivity index (χ4n) is 1.23. The summed E-state index contributed by atoms with van der Waals surface area (Å²) in [7, 11) is 0. The number of nitrogens with one attached hydrogen (secondary N) is 1. The summed E-state index contributed by atoms with van der Waals surface area (Å²) in [6.07, 6.45) is 1.40. The standard InChI is InChI=1S/C8H7FN2O/c9-6-1-5-3-11-8(12)2-7(5)10-4-6/h1,4H,2-3H2,(H,11,12). The predicted octanol–water partition coefficient (Wildman–Crippen LogP) is 0.393. The van der Waals surface area contributed by atoms with Gasteiger partial charge in [0.1, 0.15) is 5.82 Å². The first-order valence-electron chi connectivity index (χ1n) is 3.66. The van der Waals surface area contributed by atoms with E-state index in [9.17, 15) is 9.18 Å². The second-order valence-corrected chi connectivity index (χ2v) is 2.71. The van der Waals surface area contributed by atoms with Gasteiger partial charge in [0.05, 0.1) is 18.3 Å². The number of carbonyl (C=O) groups is 1. The van der Waals surface area contributed by atoms with E-state index in [2.05, 4.69) is 10.3 Å². The van der Waals surface area contributed by atoms with Crippen molar-refractivity contribution in [3.8, 4) is 0 Å². The normalized spacial score (nSPS) is 15.2. The Labute approximate surface area is 68.6 Å². The molecule has 2 rings (SSSR count). The molecule has 0 atom stereocenters. The van der Waals surface area contributed by atoms with Gasteiger partial charge in [0.25, 0.3) is 0 Å². The van der Waals surface area contributed by atoms with Crippen molar-refractivity contribution in [2.75, 3.05) is 0 Å². The van der Waals surface area contributed by atoms with Crippen LogP contribution < -0.4 is 5.32 Å². The van der Waals surface area contributed by atoms with Crippen LogP contribution in [0.1, 0.15) is 11.3 Å². The zero-order chi connectivity index (χ0) is 8.55. The van der Waals surface area contributed by atoms with Crippen LogP contribution in [-0.4, -0.2) is 10.9 Å². The third-order valence-corrected chi connectivity index (χ3v) is 1.83. The van der Waals surface area contributed by atoms with E-state index < -0.39 is 0 Å². The number of nitrogens with zero attached hydrogens (tertiary/aromatic N) is 1. The highest BCUT2D eigenvalue weighted by molar-refractivity contribution is 5.79. The van der Waals surface area contributed by atoms with Gasteiger partial charge in [0.15, 0.2) is 0 Å². The first-order chi connectivity index (χ1) is 5.75. The van der Waals surface area contributed by atoms with Crippen molar-refractivity contribution >= 4 is 5.91 Å². The van der Waals surface area contributed by atoms with E-state index in [1.165, 1.54) is 6.07 Å². The summed E-state index contributed by atoms with van der Waals surface area (Å²) in [6, 6.07) is 1.40. The summed E-state index contributed by atoms with van der Waals surface area (Å²) in [5.41, 5.74) is 1.45. The highest BCUT2D eigenvalue weighted by Gasteiger charge is 2.15. The Balaban J connectivity index is 2.43. The molecule has 0 aliphatic carbocycles. The van der Waals surface area contributed by atoms with E-state index in [0.29, 0.717) is 12.2 Å². The molecule has 0 fully saturated rings. The molecule has 0 saturated heterocycles. The van der Waals surface area contributed by atoms with Gasteiger partial charge in [-0.05, 0) is 11.6 Å². The zero-order valence-electron chi connectivity index (χ0n) is 6.30. The van der Waals surface area contributed by atoms with Gasteiger partial charge in [-0.2, -0.15) is 0 Å². The van der Waals surface area contributed by atoms with Gasteiger partial charge in [-0.1, -0.05) is 0 Å². The van der Waals surface area contributed by atoms with Crippen LogP contribution in [0.4, 0.5) is 4.39 Å². The van der Waals surface area contributed by atoms with Gasteiger partial charge in [-0.15, -0.1) is 0 Å². The Morgan fingerprint density at radius 1 is 1.58 bits per heavy atom. The molecule has 1 aromatic heterocycles. The summed E-state index contributed by atoms with van der Waals surface area (Å²) < 4.78 is 12.6. The maximum atomic E-state index is 12.6. The van der Waals surface area contributed by atoms with E-state index in [-0.39, 0.29) is 18.1 Å². The Hall–Kier alpha value is -1.45. The zero-order valence-corrected chi connectivity index (χ0v) is 6.30. The van der Waals surface area contributed by atoms with Crippen LogP contribution in [0, 0.1) is 5.82 Å². The minimum absolute atomic E-state index is 0.0541. The second-order valence-electron chi connectivity index (χ2n) is 2.71. The third kappa shape index (κ3) is 1.15. The lowest BCUT2D eigenvalue weighted by Crippen LogP contribution is -2.30. The number of hydrogen-bond acceptors (Lipinski definition) is 2. The predicted molar refractivity (Wildman–Crippen MR) is 39.7 cm³/mol. The highest BCUT2D eigenvalue weighted by atomic mass is 19.1. The van der Waals surface area contributed by atoms with Crippen LogP contribution in [-0.2, 0) is 17.8 Å². The molecule has 3 nitrogen and oxygen atoms in total. The summed E-state index contributed by atoms with van der Waals surface area (Å²) in [6.45, 7) is 0.388. The SMILES string of the molecule is O=C1Cc2ncc(F)cc2CN1. The molecule has 0 unspecified atom stereocenters. The summed E-state index contributed by atoms with van der Waals surface area (Å²) >= 11 is 0. The molecular weight excluding hydrogens is 159 g/mol. The van der Waals surface area contributed by atoms with Gasteiger partial charge in [-0.25, -0.2) is 4.39 Å². The minimum Gasteiger partial charge on any atom is -0.352 e. The average Bonchev–Trinajstić information content (AvgIpc) is 2.05. The fraction of sp³-hybridized carbons (Fsp3) is 0.250. The minimum atomic E-state index is -0.357. The lowest BCUT2D eigenvalue weighted by atomic mass is 10.1. The van der Waals surface area contributed by atoms with E-state index in [1.54, 1.807) is 0 Å². The number of carbonyl (C=O) groups excluding carboxylic acids is 1. The van der Waals surface area contributed by atoms with Crippen molar-refractivity contribution in [3.63, 3.8) is 0 Å². The molecule has 1 aliphatic rings. The lowest BCUT2D eigenvalue weighted by Gasteiger charge is -2.14. The number of rotatable bonds is 0. The highest BCUT2D eigenvalue weighted by Crippen LogP contribution is 2.12. The van der Waals surface area contributed by atoms with Gasteiger partial charge >= 0.3 is 0 Å². The monoisotopic (exact) mass is 166 g/mol. The lowest BCUT2D eigenvalue weighted by molar-refractivity contribution is -0.121. The quantitative estimate of drug-likeness (QED) is 0.605. The molecule has 0 spiro atoms. The Kier molecular flexibility index (Phi) is 1.53. The topological polar surface area (TPSA) is 42.0 Å². The number of halogens is 1. The molecule has 4 heteroatoms. The third-order valence-electron chi connectivity index (χ3n) is 1.83. The molecule has 1 aromatic rings. The van der Waals surface area contributed by atoms with E-state index in [4.69, 9.17) is 0 Å². The molecule has 0 aromatic carbocycles.